The van der Waals surface area contributed by atoms with Crippen molar-refractivity contribution in [1.29, 1.82) is 0 Å². The first-order valence-corrected chi connectivity index (χ1v) is 4.93. The van der Waals surface area contributed by atoms with E-state index in [2.05, 4.69) is 0 Å². The van der Waals surface area contributed by atoms with Crippen LogP contribution in [0.5, 0.6) is 0 Å². The molecule has 0 spiro atoms. The van der Waals surface area contributed by atoms with Crippen LogP contribution >= 0.6 is 0 Å². The average Bonchev–Trinajstić information content (AvgIpc) is 2.72. The van der Waals surface area contributed by atoms with Crippen molar-refractivity contribution in [3.63, 3.8) is 0 Å². The average molecular weight is 184 g/mol. The number of methoxy groups -OCH3 is 1. The summed E-state index contributed by atoms with van der Waals surface area (Å²) in [6.45, 7) is 2.02. The summed E-state index contributed by atoms with van der Waals surface area (Å²) >= 11 is 0. The molecule has 0 aromatic carbocycles. The summed E-state index contributed by atoms with van der Waals surface area (Å²) in [4.78, 5) is 11.5. The lowest BCUT2D eigenvalue weighted by molar-refractivity contribution is -0.147. The molecule has 2 fully saturated rings. The van der Waals surface area contributed by atoms with E-state index in [4.69, 9.17) is 9.47 Å². The van der Waals surface area contributed by atoms with Crippen LogP contribution in [0.25, 0.3) is 0 Å². The van der Waals surface area contributed by atoms with Gasteiger partial charge in [0.15, 0.2) is 5.60 Å². The molecule has 3 nitrogen and oxygen atoms in total. The van der Waals surface area contributed by atoms with E-state index >= 15 is 0 Å². The highest BCUT2D eigenvalue weighted by Gasteiger charge is 2.72. The zero-order chi connectivity index (χ0) is 9.53. The van der Waals surface area contributed by atoms with E-state index in [0.717, 1.165) is 25.7 Å². The molecule has 0 N–H and O–H groups in total. The van der Waals surface area contributed by atoms with Gasteiger partial charge in [-0.3, -0.25) is 0 Å². The molecule has 0 radical (unpaired) electrons. The first-order valence-electron chi connectivity index (χ1n) is 4.93. The van der Waals surface area contributed by atoms with Gasteiger partial charge in [-0.1, -0.05) is 12.8 Å². The highest BCUT2D eigenvalue weighted by Crippen LogP contribution is 2.56. The van der Waals surface area contributed by atoms with Crippen molar-refractivity contribution in [1.82, 2.24) is 0 Å². The third kappa shape index (κ3) is 1.10. The van der Waals surface area contributed by atoms with Gasteiger partial charge in [0.25, 0.3) is 0 Å². The van der Waals surface area contributed by atoms with Gasteiger partial charge in [-0.25, -0.2) is 4.79 Å². The molecule has 1 saturated carbocycles. The first-order chi connectivity index (χ1) is 6.15. The number of rotatable bonds is 1. The summed E-state index contributed by atoms with van der Waals surface area (Å²) < 4.78 is 10.4. The number of hydrogen-bond acceptors (Lipinski definition) is 3. The van der Waals surface area contributed by atoms with Gasteiger partial charge in [0.2, 0.25) is 0 Å². The fraction of sp³-hybridized carbons (Fsp3) is 0.900. The van der Waals surface area contributed by atoms with Gasteiger partial charge in [-0.15, -0.1) is 0 Å². The maximum absolute atomic E-state index is 11.5. The second-order valence-electron chi connectivity index (χ2n) is 4.21. The van der Waals surface area contributed by atoms with Crippen LogP contribution in [0.2, 0.25) is 0 Å². The largest absolute Gasteiger partial charge is 0.467 e. The maximum atomic E-state index is 11.5. The summed E-state index contributed by atoms with van der Waals surface area (Å²) in [6, 6.07) is 0. The van der Waals surface area contributed by atoms with Crippen LogP contribution in [0, 0.1) is 0 Å². The van der Waals surface area contributed by atoms with Crippen molar-refractivity contribution in [2.45, 2.75) is 50.2 Å². The number of ether oxygens (including phenoxy) is 2. The molecule has 3 heteroatoms. The standard InChI is InChI=1S/C10H16O3/c1-9-6-4-3-5-7-10(9,13-9)8(11)12-2/h3-7H2,1-2H3. The minimum atomic E-state index is -0.585. The van der Waals surface area contributed by atoms with Crippen LogP contribution in [0.3, 0.4) is 0 Å². The van der Waals surface area contributed by atoms with Crippen LogP contribution in [0.15, 0.2) is 0 Å². The normalized spacial score (nSPS) is 43.2. The third-order valence-corrected chi connectivity index (χ3v) is 3.41. The van der Waals surface area contributed by atoms with Crippen molar-refractivity contribution >= 4 is 5.97 Å². The van der Waals surface area contributed by atoms with Gasteiger partial charge >= 0.3 is 5.97 Å². The van der Waals surface area contributed by atoms with Gasteiger partial charge in [-0.05, 0) is 26.2 Å². The molecular weight excluding hydrogens is 168 g/mol. The van der Waals surface area contributed by atoms with E-state index in [1.165, 1.54) is 13.5 Å². The quantitative estimate of drug-likeness (QED) is 0.459. The van der Waals surface area contributed by atoms with E-state index in [1.54, 1.807) is 0 Å². The van der Waals surface area contributed by atoms with Crippen LogP contribution in [-0.4, -0.2) is 24.3 Å². The number of fused-ring (bicyclic) bond motifs is 1. The molecule has 1 aliphatic heterocycles. The molecule has 2 aliphatic rings. The minimum Gasteiger partial charge on any atom is -0.467 e. The number of epoxide rings is 1. The molecule has 2 unspecified atom stereocenters. The molecule has 0 bridgehead atoms. The Kier molecular flexibility index (Phi) is 1.88. The third-order valence-electron chi connectivity index (χ3n) is 3.41. The highest BCUT2D eigenvalue weighted by molar-refractivity contribution is 5.84. The predicted octanol–water partition coefficient (Wildman–Crippen LogP) is 1.65. The SMILES string of the molecule is COC(=O)C12CCCCCC1(C)O2. The molecule has 1 aliphatic carbocycles. The van der Waals surface area contributed by atoms with Gasteiger partial charge in [0.05, 0.1) is 7.11 Å². The van der Waals surface area contributed by atoms with Gasteiger partial charge in [0, 0.05) is 0 Å². The summed E-state index contributed by atoms with van der Waals surface area (Å²) in [5.74, 6) is -0.183. The lowest BCUT2D eigenvalue weighted by Crippen LogP contribution is -2.32. The lowest BCUT2D eigenvalue weighted by Gasteiger charge is -2.10. The predicted molar refractivity (Wildman–Crippen MR) is 47.3 cm³/mol. The van der Waals surface area contributed by atoms with E-state index in [-0.39, 0.29) is 11.6 Å². The Morgan fingerprint density at radius 2 is 2.00 bits per heavy atom. The van der Waals surface area contributed by atoms with Gasteiger partial charge in [0.1, 0.15) is 5.60 Å². The van der Waals surface area contributed by atoms with Crippen LogP contribution < -0.4 is 0 Å². The number of hydrogen-bond donors (Lipinski definition) is 0. The fourth-order valence-corrected chi connectivity index (χ4v) is 2.46. The van der Waals surface area contributed by atoms with E-state index in [0.29, 0.717) is 0 Å². The zero-order valence-electron chi connectivity index (χ0n) is 8.26. The Morgan fingerprint density at radius 3 is 2.69 bits per heavy atom. The Bertz CT molecular complexity index is 238. The molecule has 0 aromatic heterocycles. The molecule has 2 rings (SSSR count). The monoisotopic (exact) mass is 184 g/mol. The topological polar surface area (TPSA) is 38.8 Å². The number of carbonyl (C=O) groups is 1. The van der Waals surface area contributed by atoms with Gasteiger partial charge in [-0.2, -0.15) is 0 Å². The zero-order valence-corrected chi connectivity index (χ0v) is 8.26. The van der Waals surface area contributed by atoms with Crippen molar-refractivity contribution in [3.05, 3.63) is 0 Å². The second-order valence-corrected chi connectivity index (χ2v) is 4.21. The van der Waals surface area contributed by atoms with Crippen LogP contribution in [0.1, 0.15) is 39.0 Å². The molecule has 2 atom stereocenters. The number of esters is 1. The minimum absolute atomic E-state index is 0.183. The maximum Gasteiger partial charge on any atom is 0.341 e. The summed E-state index contributed by atoms with van der Waals surface area (Å²) in [5, 5.41) is 0. The summed E-state index contributed by atoms with van der Waals surface area (Å²) in [5.41, 5.74) is -0.811. The van der Waals surface area contributed by atoms with E-state index in [9.17, 15) is 4.79 Å². The molecule has 74 valence electrons. The fourth-order valence-electron chi connectivity index (χ4n) is 2.46. The Labute approximate surface area is 78.4 Å². The summed E-state index contributed by atoms with van der Waals surface area (Å²) in [6.07, 6.45) is 5.26. The smallest absolute Gasteiger partial charge is 0.341 e. The molecule has 13 heavy (non-hydrogen) atoms. The second kappa shape index (κ2) is 2.71. The van der Waals surface area contributed by atoms with Crippen molar-refractivity contribution < 1.29 is 14.3 Å². The molecule has 1 saturated heterocycles. The van der Waals surface area contributed by atoms with Gasteiger partial charge < -0.3 is 9.47 Å². The lowest BCUT2D eigenvalue weighted by atomic mass is 9.90. The van der Waals surface area contributed by atoms with Crippen LogP contribution in [0.4, 0.5) is 0 Å². The highest BCUT2D eigenvalue weighted by atomic mass is 16.7. The molecule has 1 heterocycles. The Morgan fingerprint density at radius 1 is 1.31 bits per heavy atom. The number of carbonyl (C=O) groups excluding carboxylic acids is 1. The molecular formula is C10H16O3. The molecule has 0 amide bonds. The van der Waals surface area contributed by atoms with Crippen LogP contribution in [-0.2, 0) is 14.3 Å². The summed E-state index contributed by atoms with van der Waals surface area (Å²) in [7, 11) is 1.43. The van der Waals surface area contributed by atoms with Crippen molar-refractivity contribution in [2.24, 2.45) is 0 Å². The van der Waals surface area contributed by atoms with E-state index < -0.39 is 5.60 Å². The van der Waals surface area contributed by atoms with Crippen molar-refractivity contribution in [3.8, 4) is 0 Å². The van der Waals surface area contributed by atoms with E-state index in [1.807, 2.05) is 6.92 Å². The first kappa shape index (κ1) is 9.00. The van der Waals surface area contributed by atoms with Crippen molar-refractivity contribution in [2.75, 3.05) is 7.11 Å². The Balaban J connectivity index is 2.18. The Hall–Kier alpha value is -0.570. The molecule has 0 aromatic rings.